The van der Waals surface area contributed by atoms with Gasteiger partial charge in [0.15, 0.2) is 0 Å². The van der Waals surface area contributed by atoms with Crippen molar-refractivity contribution in [3.8, 4) is 0 Å². The van der Waals surface area contributed by atoms with Gasteiger partial charge in [-0.05, 0) is 29.8 Å². The molecule has 0 aliphatic carbocycles. The van der Waals surface area contributed by atoms with Crippen LogP contribution in [0, 0.1) is 11.6 Å². The molecule has 2 rings (SSSR count). The van der Waals surface area contributed by atoms with Crippen LogP contribution >= 0.6 is 15.9 Å². The largest absolute Gasteiger partial charge is 0.388 e. The molecule has 0 bridgehead atoms. The first-order valence-corrected chi connectivity index (χ1v) is 6.23. The third-order valence-corrected chi connectivity index (χ3v) is 3.14. The smallest absolute Gasteiger partial charge is 0.131 e. The third-order valence-electron chi connectivity index (χ3n) is 2.65. The lowest BCUT2D eigenvalue weighted by atomic mass is 10.0. The Hall–Kier alpha value is -1.26. The van der Waals surface area contributed by atoms with Crippen molar-refractivity contribution >= 4 is 15.9 Å². The molecule has 1 nitrogen and oxygen atoms in total. The summed E-state index contributed by atoms with van der Waals surface area (Å²) in [6.07, 6.45) is -1.03. The van der Waals surface area contributed by atoms with E-state index in [1.807, 2.05) is 18.2 Å². The maximum absolute atomic E-state index is 13.5. The Labute approximate surface area is 112 Å². The van der Waals surface area contributed by atoms with Crippen LogP contribution in [0.15, 0.2) is 46.9 Å². The second-order valence-electron chi connectivity index (χ2n) is 3.99. The van der Waals surface area contributed by atoms with Gasteiger partial charge < -0.3 is 5.11 Å². The van der Waals surface area contributed by atoms with Crippen LogP contribution in [0.3, 0.4) is 0 Å². The third kappa shape index (κ3) is 2.94. The lowest BCUT2D eigenvalue weighted by Crippen LogP contribution is -2.07. The molecule has 1 N–H and O–H groups in total. The lowest BCUT2D eigenvalue weighted by Gasteiger charge is -2.13. The molecular weight excluding hydrogens is 302 g/mol. The summed E-state index contributed by atoms with van der Waals surface area (Å²) >= 11 is 3.31. The number of halogens is 3. The van der Waals surface area contributed by atoms with Gasteiger partial charge in [-0.3, -0.25) is 0 Å². The zero-order valence-corrected chi connectivity index (χ0v) is 11.0. The minimum atomic E-state index is -1.19. The van der Waals surface area contributed by atoms with Gasteiger partial charge in [0.2, 0.25) is 0 Å². The Morgan fingerprint density at radius 2 is 1.67 bits per heavy atom. The fraction of sp³-hybridized carbons (Fsp3) is 0.143. The molecule has 0 saturated heterocycles. The number of hydrogen-bond donors (Lipinski definition) is 1. The van der Waals surface area contributed by atoms with E-state index in [1.165, 1.54) is 6.07 Å². The average molecular weight is 313 g/mol. The first kappa shape index (κ1) is 13.2. The molecule has 94 valence electrons. The van der Waals surface area contributed by atoms with Crippen molar-refractivity contribution in [1.82, 2.24) is 0 Å². The Bertz CT molecular complexity index is 537. The Morgan fingerprint density at radius 3 is 2.28 bits per heavy atom. The summed E-state index contributed by atoms with van der Waals surface area (Å²) in [7, 11) is 0. The number of aliphatic hydroxyl groups is 1. The van der Waals surface area contributed by atoms with Crippen molar-refractivity contribution < 1.29 is 13.9 Å². The molecule has 2 aromatic rings. The Morgan fingerprint density at radius 1 is 1.06 bits per heavy atom. The number of rotatable bonds is 3. The van der Waals surface area contributed by atoms with Crippen LogP contribution in [0.5, 0.6) is 0 Å². The summed E-state index contributed by atoms with van der Waals surface area (Å²) in [6.45, 7) is 0. The normalized spacial score (nSPS) is 12.4. The second-order valence-corrected chi connectivity index (χ2v) is 4.90. The van der Waals surface area contributed by atoms with Crippen molar-refractivity contribution in [3.05, 3.63) is 69.7 Å². The van der Waals surface area contributed by atoms with Crippen LogP contribution in [0.2, 0.25) is 0 Å². The lowest BCUT2D eigenvalue weighted by molar-refractivity contribution is 0.168. The van der Waals surface area contributed by atoms with Gasteiger partial charge in [0, 0.05) is 10.9 Å². The molecule has 0 aliphatic heterocycles. The molecule has 4 heteroatoms. The Balaban J connectivity index is 2.25. The molecule has 0 saturated carbocycles. The van der Waals surface area contributed by atoms with E-state index >= 15 is 0 Å². The van der Waals surface area contributed by atoms with Gasteiger partial charge in [0.25, 0.3) is 0 Å². The van der Waals surface area contributed by atoms with Gasteiger partial charge in [-0.15, -0.1) is 0 Å². The van der Waals surface area contributed by atoms with E-state index in [0.717, 1.165) is 22.2 Å². The predicted octanol–water partition coefficient (Wildman–Crippen LogP) is 4.00. The molecule has 0 aliphatic rings. The van der Waals surface area contributed by atoms with E-state index < -0.39 is 17.7 Å². The van der Waals surface area contributed by atoms with E-state index in [9.17, 15) is 13.9 Å². The van der Waals surface area contributed by atoms with Crippen molar-refractivity contribution in [2.45, 2.75) is 12.5 Å². The van der Waals surface area contributed by atoms with Crippen LogP contribution in [0.25, 0.3) is 0 Å². The molecule has 1 atom stereocenters. The Kier molecular flexibility index (Phi) is 4.09. The topological polar surface area (TPSA) is 20.2 Å². The summed E-state index contributed by atoms with van der Waals surface area (Å²) in [5.41, 5.74) is 0.525. The molecule has 0 radical (unpaired) electrons. The molecule has 0 aromatic heterocycles. The van der Waals surface area contributed by atoms with Crippen molar-refractivity contribution in [3.63, 3.8) is 0 Å². The highest BCUT2D eigenvalue weighted by atomic mass is 79.9. The average Bonchev–Trinajstić information content (AvgIpc) is 2.28. The molecule has 0 amide bonds. The highest BCUT2D eigenvalue weighted by molar-refractivity contribution is 9.10. The number of benzene rings is 2. The van der Waals surface area contributed by atoms with Crippen molar-refractivity contribution in [1.29, 1.82) is 0 Å². The standard InChI is InChI=1S/C14H11BrF2O/c15-10-4-1-3-9(7-10)8-13(18)14-11(16)5-2-6-12(14)17/h1-7,13,18H,8H2. The summed E-state index contributed by atoms with van der Waals surface area (Å²) in [6, 6.07) is 10.8. The zero-order chi connectivity index (χ0) is 13.1. The van der Waals surface area contributed by atoms with E-state index in [1.54, 1.807) is 6.07 Å². The van der Waals surface area contributed by atoms with Gasteiger partial charge in [-0.25, -0.2) is 8.78 Å². The van der Waals surface area contributed by atoms with Gasteiger partial charge in [0.05, 0.1) is 11.7 Å². The van der Waals surface area contributed by atoms with Gasteiger partial charge in [-0.2, -0.15) is 0 Å². The highest BCUT2D eigenvalue weighted by Crippen LogP contribution is 2.24. The quantitative estimate of drug-likeness (QED) is 0.908. The van der Waals surface area contributed by atoms with Gasteiger partial charge >= 0.3 is 0 Å². The highest BCUT2D eigenvalue weighted by Gasteiger charge is 2.18. The molecule has 0 heterocycles. The molecule has 2 aromatic carbocycles. The first-order valence-electron chi connectivity index (χ1n) is 5.44. The van der Waals surface area contributed by atoms with Crippen molar-refractivity contribution in [2.75, 3.05) is 0 Å². The van der Waals surface area contributed by atoms with E-state index in [-0.39, 0.29) is 12.0 Å². The van der Waals surface area contributed by atoms with Crippen LogP contribution in [-0.4, -0.2) is 5.11 Å². The first-order chi connectivity index (χ1) is 8.58. The second kappa shape index (κ2) is 5.59. The minimum Gasteiger partial charge on any atom is -0.388 e. The van der Waals surface area contributed by atoms with E-state index in [4.69, 9.17) is 0 Å². The summed E-state index contributed by atoms with van der Waals surface area (Å²) in [4.78, 5) is 0. The molecule has 18 heavy (non-hydrogen) atoms. The number of aliphatic hydroxyl groups excluding tert-OH is 1. The summed E-state index contributed by atoms with van der Waals surface area (Å²) in [5, 5.41) is 9.93. The van der Waals surface area contributed by atoms with E-state index in [2.05, 4.69) is 15.9 Å². The fourth-order valence-corrected chi connectivity index (χ4v) is 2.26. The van der Waals surface area contributed by atoms with Gasteiger partial charge in [0.1, 0.15) is 11.6 Å². The molecule has 0 spiro atoms. The fourth-order valence-electron chi connectivity index (χ4n) is 1.82. The van der Waals surface area contributed by atoms with Gasteiger partial charge in [-0.1, -0.05) is 34.1 Å². The molecule has 0 fully saturated rings. The SMILES string of the molecule is OC(Cc1cccc(Br)c1)c1c(F)cccc1F. The predicted molar refractivity (Wildman–Crippen MR) is 69.2 cm³/mol. The summed E-state index contributed by atoms with van der Waals surface area (Å²) < 4.78 is 27.8. The molecule has 1 unspecified atom stereocenters. The minimum absolute atomic E-state index is 0.164. The number of hydrogen-bond acceptors (Lipinski definition) is 1. The zero-order valence-electron chi connectivity index (χ0n) is 9.41. The van der Waals surface area contributed by atoms with Crippen molar-refractivity contribution in [2.24, 2.45) is 0 Å². The van der Waals surface area contributed by atoms with Crippen LogP contribution in [-0.2, 0) is 6.42 Å². The summed E-state index contributed by atoms with van der Waals surface area (Å²) in [5.74, 6) is -1.45. The van der Waals surface area contributed by atoms with Crippen LogP contribution in [0.1, 0.15) is 17.2 Å². The maximum atomic E-state index is 13.5. The van der Waals surface area contributed by atoms with Crippen LogP contribution in [0.4, 0.5) is 8.78 Å². The van der Waals surface area contributed by atoms with E-state index in [0.29, 0.717) is 0 Å². The monoisotopic (exact) mass is 312 g/mol. The maximum Gasteiger partial charge on any atom is 0.131 e. The molecular formula is C14H11BrF2O. The van der Waals surface area contributed by atoms with Crippen LogP contribution < -0.4 is 0 Å².